The van der Waals surface area contributed by atoms with Crippen molar-refractivity contribution in [2.75, 3.05) is 0 Å². The van der Waals surface area contributed by atoms with Gasteiger partial charge in [0, 0.05) is 36.0 Å². The molecule has 0 bridgehead atoms. The van der Waals surface area contributed by atoms with Crippen LogP contribution in [0.25, 0.3) is 21.9 Å². The fraction of sp³-hybridized carbons (Fsp3) is 0.0476. The number of fused-ring (bicyclic) bond motifs is 1. The molecule has 0 atom stereocenters. The SMILES string of the molecule is c1ccc(Cc2ncc(-c3ccncc3)c3ccccc23)cc1. The van der Waals surface area contributed by atoms with Gasteiger partial charge in [0.15, 0.2) is 0 Å². The highest BCUT2D eigenvalue weighted by Crippen LogP contribution is 2.29. The van der Waals surface area contributed by atoms with Crippen LogP contribution in [0.5, 0.6) is 0 Å². The van der Waals surface area contributed by atoms with Gasteiger partial charge in [0.05, 0.1) is 5.69 Å². The van der Waals surface area contributed by atoms with Crippen LogP contribution in [-0.2, 0) is 6.42 Å². The van der Waals surface area contributed by atoms with Gasteiger partial charge in [0.2, 0.25) is 0 Å². The van der Waals surface area contributed by atoms with Crippen LogP contribution in [0.2, 0.25) is 0 Å². The molecule has 0 fully saturated rings. The topological polar surface area (TPSA) is 25.8 Å². The first-order valence-corrected chi connectivity index (χ1v) is 7.73. The summed E-state index contributed by atoms with van der Waals surface area (Å²) >= 11 is 0. The Kier molecular flexibility index (Phi) is 3.57. The molecular formula is C21H16N2. The second-order valence-corrected chi connectivity index (χ2v) is 5.56. The van der Waals surface area contributed by atoms with Gasteiger partial charge in [0.25, 0.3) is 0 Å². The quantitative estimate of drug-likeness (QED) is 0.538. The second kappa shape index (κ2) is 6.01. The molecule has 2 aromatic heterocycles. The maximum Gasteiger partial charge on any atom is 0.0526 e. The van der Waals surface area contributed by atoms with E-state index in [1.807, 2.05) is 36.8 Å². The molecule has 0 unspecified atom stereocenters. The van der Waals surface area contributed by atoms with E-state index in [1.165, 1.54) is 16.3 Å². The Morgan fingerprint density at radius 1 is 0.696 bits per heavy atom. The van der Waals surface area contributed by atoms with E-state index in [9.17, 15) is 0 Å². The molecule has 0 aliphatic rings. The lowest BCUT2D eigenvalue weighted by atomic mass is 9.98. The molecule has 110 valence electrons. The smallest absolute Gasteiger partial charge is 0.0526 e. The number of pyridine rings is 2. The third-order valence-electron chi connectivity index (χ3n) is 4.08. The van der Waals surface area contributed by atoms with Gasteiger partial charge in [-0.05, 0) is 28.6 Å². The van der Waals surface area contributed by atoms with E-state index >= 15 is 0 Å². The van der Waals surface area contributed by atoms with Crippen molar-refractivity contribution in [2.45, 2.75) is 6.42 Å². The first kappa shape index (κ1) is 13.6. The first-order chi connectivity index (χ1) is 11.4. The Balaban J connectivity index is 1.86. The zero-order chi connectivity index (χ0) is 15.5. The van der Waals surface area contributed by atoms with Crippen molar-refractivity contribution in [2.24, 2.45) is 0 Å². The summed E-state index contributed by atoms with van der Waals surface area (Å²) in [6.07, 6.45) is 6.47. The monoisotopic (exact) mass is 296 g/mol. The lowest BCUT2D eigenvalue weighted by molar-refractivity contribution is 1.10. The van der Waals surface area contributed by atoms with E-state index in [1.54, 1.807) is 0 Å². The minimum Gasteiger partial charge on any atom is -0.265 e. The molecule has 2 aromatic carbocycles. The summed E-state index contributed by atoms with van der Waals surface area (Å²) in [6.45, 7) is 0. The summed E-state index contributed by atoms with van der Waals surface area (Å²) < 4.78 is 0. The molecule has 0 saturated carbocycles. The lowest BCUT2D eigenvalue weighted by Gasteiger charge is -2.11. The van der Waals surface area contributed by atoms with E-state index in [2.05, 4.69) is 53.5 Å². The third kappa shape index (κ3) is 2.71. The van der Waals surface area contributed by atoms with Gasteiger partial charge in [-0.15, -0.1) is 0 Å². The summed E-state index contributed by atoms with van der Waals surface area (Å²) in [5.41, 5.74) is 4.70. The molecule has 0 aliphatic heterocycles. The maximum atomic E-state index is 4.76. The van der Waals surface area contributed by atoms with Crippen molar-refractivity contribution >= 4 is 10.8 Å². The van der Waals surface area contributed by atoms with Gasteiger partial charge >= 0.3 is 0 Å². The standard InChI is InChI=1S/C21H16N2/c1-2-6-16(7-3-1)14-21-19-9-5-4-8-18(19)20(15-23-21)17-10-12-22-13-11-17/h1-13,15H,14H2. The van der Waals surface area contributed by atoms with E-state index in [0.717, 1.165) is 23.2 Å². The number of hydrogen-bond acceptors (Lipinski definition) is 2. The van der Waals surface area contributed by atoms with Crippen LogP contribution in [-0.4, -0.2) is 9.97 Å². The van der Waals surface area contributed by atoms with Crippen molar-refractivity contribution in [3.05, 3.63) is 96.6 Å². The molecule has 0 amide bonds. The average molecular weight is 296 g/mol. The van der Waals surface area contributed by atoms with E-state index in [-0.39, 0.29) is 0 Å². The van der Waals surface area contributed by atoms with Crippen molar-refractivity contribution in [1.29, 1.82) is 0 Å². The molecule has 0 spiro atoms. The number of rotatable bonds is 3. The van der Waals surface area contributed by atoms with Crippen LogP contribution in [0.1, 0.15) is 11.3 Å². The molecule has 0 aliphatic carbocycles. The normalized spacial score (nSPS) is 10.8. The Bertz CT molecular complexity index is 931. The highest BCUT2D eigenvalue weighted by atomic mass is 14.7. The number of benzene rings is 2. The van der Waals surface area contributed by atoms with Crippen LogP contribution in [0.3, 0.4) is 0 Å². The summed E-state index contributed by atoms with van der Waals surface area (Å²) in [7, 11) is 0. The second-order valence-electron chi connectivity index (χ2n) is 5.56. The molecule has 0 radical (unpaired) electrons. The van der Waals surface area contributed by atoms with Crippen LogP contribution >= 0.6 is 0 Å². The van der Waals surface area contributed by atoms with E-state index < -0.39 is 0 Å². The van der Waals surface area contributed by atoms with Gasteiger partial charge < -0.3 is 0 Å². The predicted molar refractivity (Wildman–Crippen MR) is 94.2 cm³/mol. The van der Waals surface area contributed by atoms with Crippen LogP contribution in [0.15, 0.2) is 85.3 Å². The van der Waals surface area contributed by atoms with Crippen LogP contribution in [0.4, 0.5) is 0 Å². The fourth-order valence-corrected chi connectivity index (χ4v) is 2.94. The van der Waals surface area contributed by atoms with Gasteiger partial charge in [-0.1, -0.05) is 54.6 Å². The molecule has 2 heteroatoms. The fourth-order valence-electron chi connectivity index (χ4n) is 2.94. The highest BCUT2D eigenvalue weighted by molar-refractivity contribution is 5.97. The lowest BCUT2D eigenvalue weighted by Crippen LogP contribution is -1.95. The van der Waals surface area contributed by atoms with Crippen molar-refractivity contribution in [3.8, 4) is 11.1 Å². The maximum absolute atomic E-state index is 4.76. The molecule has 4 rings (SSSR count). The molecule has 4 aromatic rings. The van der Waals surface area contributed by atoms with Crippen molar-refractivity contribution in [3.63, 3.8) is 0 Å². The summed E-state index contributed by atoms with van der Waals surface area (Å²) in [5.74, 6) is 0. The summed E-state index contributed by atoms with van der Waals surface area (Å²) in [5, 5.41) is 2.45. The minimum atomic E-state index is 0.845. The Labute approximate surface area is 135 Å². The number of nitrogens with zero attached hydrogens (tertiary/aromatic N) is 2. The van der Waals surface area contributed by atoms with Crippen molar-refractivity contribution in [1.82, 2.24) is 9.97 Å². The molecule has 2 heterocycles. The van der Waals surface area contributed by atoms with E-state index in [4.69, 9.17) is 4.98 Å². The number of aromatic nitrogens is 2. The Hall–Kier alpha value is -3.00. The predicted octanol–water partition coefficient (Wildman–Crippen LogP) is 4.89. The molecular weight excluding hydrogens is 280 g/mol. The van der Waals surface area contributed by atoms with Gasteiger partial charge in [0.1, 0.15) is 0 Å². The summed E-state index contributed by atoms with van der Waals surface area (Å²) in [6, 6.07) is 23.0. The Morgan fingerprint density at radius 2 is 1.39 bits per heavy atom. The van der Waals surface area contributed by atoms with Crippen LogP contribution < -0.4 is 0 Å². The first-order valence-electron chi connectivity index (χ1n) is 7.73. The van der Waals surface area contributed by atoms with Gasteiger partial charge in [-0.25, -0.2) is 0 Å². The van der Waals surface area contributed by atoms with Crippen LogP contribution in [0, 0.1) is 0 Å². The average Bonchev–Trinajstić information content (AvgIpc) is 2.64. The molecule has 0 N–H and O–H groups in total. The highest BCUT2D eigenvalue weighted by Gasteiger charge is 2.09. The molecule has 23 heavy (non-hydrogen) atoms. The van der Waals surface area contributed by atoms with Crippen molar-refractivity contribution < 1.29 is 0 Å². The number of hydrogen-bond donors (Lipinski definition) is 0. The minimum absolute atomic E-state index is 0.845. The zero-order valence-corrected chi connectivity index (χ0v) is 12.7. The zero-order valence-electron chi connectivity index (χ0n) is 12.7. The third-order valence-corrected chi connectivity index (χ3v) is 4.08. The summed E-state index contributed by atoms with van der Waals surface area (Å²) in [4.78, 5) is 8.86. The van der Waals surface area contributed by atoms with E-state index in [0.29, 0.717) is 0 Å². The molecule has 0 saturated heterocycles. The molecule has 2 nitrogen and oxygen atoms in total. The van der Waals surface area contributed by atoms with Gasteiger partial charge in [-0.2, -0.15) is 0 Å². The van der Waals surface area contributed by atoms with Gasteiger partial charge in [-0.3, -0.25) is 9.97 Å². The Morgan fingerprint density at radius 3 is 2.17 bits per heavy atom. The largest absolute Gasteiger partial charge is 0.265 e.